The average Bonchev–Trinajstić information content (AvgIpc) is 3.54. The number of hydrogen-bond donors (Lipinski definition) is 2. The van der Waals surface area contributed by atoms with Gasteiger partial charge in [0.15, 0.2) is 0 Å². The van der Waals surface area contributed by atoms with Crippen LogP contribution in [-0.4, -0.2) is 32.7 Å². The number of nitrogens with one attached hydrogen (secondary N) is 2. The van der Waals surface area contributed by atoms with E-state index in [1.165, 1.54) is 0 Å². The van der Waals surface area contributed by atoms with E-state index in [9.17, 15) is 4.79 Å². The Kier molecular flexibility index (Phi) is 6.00. The Balaban J connectivity index is 1.62. The standard InChI is InChI=1S/C25H32N6O/c1-25(2,3)21-15-20(31(5)30-21)24(32)28-19(16-9-7-6-8-10-16)13-18-14-22(26-4)29-23(27-18)17-11-12-17/h6-10,14-15,17,19H,11-13H2,1-5H3,(H,28,32)(H,26,27,29). The van der Waals surface area contributed by atoms with Gasteiger partial charge in [-0.2, -0.15) is 5.10 Å². The third-order valence-corrected chi connectivity index (χ3v) is 5.80. The molecule has 0 radical (unpaired) electrons. The van der Waals surface area contributed by atoms with Gasteiger partial charge in [0.25, 0.3) is 5.91 Å². The summed E-state index contributed by atoms with van der Waals surface area (Å²) in [6.45, 7) is 6.28. The first kappa shape index (κ1) is 22.0. The largest absolute Gasteiger partial charge is 0.373 e. The maximum atomic E-state index is 13.3. The highest BCUT2D eigenvalue weighted by Gasteiger charge is 2.28. The van der Waals surface area contributed by atoms with Crippen molar-refractivity contribution < 1.29 is 4.79 Å². The Hall–Kier alpha value is -3.22. The van der Waals surface area contributed by atoms with E-state index >= 15 is 0 Å². The summed E-state index contributed by atoms with van der Waals surface area (Å²) in [5.41, 5.74) is 3.27. The molecule has 32 heavy (non-hydrogen) atoms. The van der Waals surface area contributed by atoms with Crippen LogP contribution in [0.2, 0.25) is 0 Å². The van der Waals surface area contributed by atoms with Crippen molar-refractivity contribution in [2.45, 2.75) is 57.4 Å². The van der Waals surface area contributed by atoms with E-state index in [0.29, 0.717) is 18.0 Å². The second-order valence-corrected chi connectivity index (χ2v) is 9.56. The number of rotatable bonds is 7. The van der Waals surface area contributed by atoms with Gasteiger partial charge in [-0.15, -0.1) is 0 Å². The summed E-state index contributed by atoms with van der Waals surface area (Å²) in [7, 11) is 3.68. The molecule has 0 bridgehead atoms. The fourth-order valence-electron chi connectivity index (χ4n) is 3.70. The summed E-state index contributed by atoms with van der Waals surface area (Å²) in [6, 6.07) is 13.7. The molecule has 7 nitrogen and oxygen atoms in total. The quantitative estimate of drug-likeness (QED) is 0.586. The average molecular weight is 433 g/mol. The topological polar surface area (TPSA) is 84.7 Å². The van der Waals surface area contributed by atoms with E-state index < -0.39 is 0 Å². The van der Waals surface area contributed by atoms with Gasteiger partial charge in [-0.25, -0.2) is 9.97 Å². The number of carbonyl (C=O) groups excluding carboxylic acids is 1. The van der Waals surface area contributed by atoms with Crippen LogP contribution in [0.25, 0.3) is 0 Å². The summed E-state index contributed by atoms with van der Waals surface area (Å²) in [5.74, 6) is 2.02. The van der Waals surface area contributed by atoms with Gasteiger partial charge in [0, 0.05) is 43.6 Å². The number of benzene rings is 1. The van der Waals surface area contributed by atoms with Crippen LogP contribution in [0.15, 0.2) is 42.5 Å². The van der Waals surface area contributed by atoms with Crippen molar-refractivity contribution in [1.82, 2.24) is 25.1 Å². The van der Waals surface area contributed by atoms with E-state index in [4.69, 9.17) is 4.98 Å². The molecule has 1 atom stereocenters. The van der Waals surface area contributed by atoms with E-state index in [2.05, 4.69) is 41.5 Å². The smallest absolute Gasteiger partial charge is 0.270 e. The second-order valence-electron chi connectivity index (χ2n) is 9.56. The van der Waals surface area contributed by atoms with Crippen LogP contribution in [0.4, 0.5) is 5.82 Å². The van der Waals surface area contributed by atoms with Crippen molar-refractivity contribution in [2.75, 3.05) is 12.4 Å². The molecule has 0 aliphatic heterocycles. The fourth-order valence-corrected chi connectivity index (χ4v) is 3.70. The van der Waals surface area contributed by atoms with Gasteiger partial charge < -0.3 is 10.6 Å². The molecular formula is C25H32N6O. The van der Waals surface area contributed by atoms with Crippen LogP contribution in [0.1, 0.15) is 78.8 Å². The minimum absolute atomic E-state index is 0.126. The first-order valence-corrected chi connectivity index (χ1v) is 11.2. The molecule has 1 aromatic carbocycles. The van der Waals surface area contributed by atoms with Crippen molar-refractivity contribution in [3.8, 4) is 0 Å². The second kappa shape index (κ2) is 8.73. The van der Waals surface area contributed by atoms with Gasteiger partial charge in [-0.05, 0) is 24.5 Å². The minimum Gasteiger partial charge on any atom is -0.373 e. The van der Waals surface area contributed by atoms with Gasteiger partial charge in [0.1, 0.15) is 17.3 Å². The van der Waals surface area contributed by atoms with Crippen LogP contribution in [0.3, 0.4) is 0 Å². The molecule has 2 aromatic heterocycles. The molecule has 168 valence electrons. The molecule has 7 heteroatoms. The molecule has 0 saturated heterocycles. The lowest BCUT2D eigenvalue weighted by molar-refractivity contribution is 0.0927. The molecule has 1 fully saturated rings. The zero-order valence-corrected chi connectivity index (χ0v) is 19.5. The van der Waals surface area contributed by atoms with Crippen molar-refractivity contribution in [3.63, 3.8) is 0 Å². The monoisotopic (exact) mass is 432 g/mol. The summed E-state index contributed by atoms with van der Waals surface area (Å²) in [6.07, 6.45) is 2.86. The third kappa shape index (κ3) is 4.98. The van der Waals surface area contributed by atoms with Crippen molar-refractivity contribution in [3.05, 3.63) is 70.9 Å². The lowest BCUT2D eigenvalue weighted by Gasteiger charge is -2.20. The maximum Gasteiger partial charge on any atom is 0.270 e. The summed E-state index contributed by atoms with van der Waals surface area (Å²) in [5, 5.41) is 10.9. The first-order valence-electron chi connectivity index (χ1n) is 11.2. The molecule has 1 aliphatic carbocycles. The van der Waals surface area contributed by atoms with Gasteiger partial charge in [-0.1, -0.05) is 51.1 Å². The normalized spacial score (nSPS) is 14.8. The Morgan fingerprint density at radius 2 is 1.88 bits per heavy atom. The van der Waals surface area contributed by atoms with Gasteiger partial charge in [0.05, 0.1) is 11.7 Å². The van der Waals surface area contributed by atoms with E-state index in [0.717, 1.165) is 41.4 Å². The highest BCUT2D eigenvalue weighted by atomic mass is 16.2. The number of hydrogen-bond acceptors (Lipinski definition) is 5. The van der Waals surface area contributed by atoms with Crippen molar-refractivity contribution in [2.24, 2.45) is 7.05 Å². The van der Waals surface area contributed by atoms with Crippen LogP contribution < -0.4 is 10.6 Å². The lowest BCUT2D eigenvalue weighted by Crippen LogP contribution is -2.31. The third-order valence-electron chi connectivity index (χ3n) is 5.80. The Morgan fingerprint density at radius 1 is 1.16 bits per heavy atom. The first-order chi connectivity index (χ1) is 15.2. The molecule has 4 rings (SSSR count). The molecule has 2 N–H and O–H groups in total. The zero-order chi connectivity index (χ0) is 22.9. The predicted octanol–water partition coefficient (Wildman–Crippen LogP) is 4.14. The molecule has 2 heterocycles. The van der Waals surface area contributed by atoms with E-state index in [-0.39, 0.29) is 17.4 Å². The number of aryl methyl sites for hydroxylation is 1. The zero-order valence-electron chi connectivity index (χ0n) is 19.5. The Morgan fingerprint density at radius 3 is 2.47 bits per heavy atom. The molecule has 1 unspecified atom stereocenters. The lowest BCUT2D eigenvalue weighted by atomic mass is 9.92. The molecular weight excluding hydrogens is 400 g/mol. The number of amides is 1. The van der Waals surface area contributed by atoms with Crippen molar-refractivity contribution in [1.29, 1.82) is 0 Å². The van der Waals surface area contributed by atoms with Crippen LogP contribution in [0, 0.1) is 0 Å². The van der Waals surface area contributed by atoms with Gasteiger partial charge in [0.2, 0.25) is 0 Å². The number of aromatic nitrogens is 4. The van der Waals surface area contributed by atoms with Gasteiger partial charge in [-0.3, -0.25) is 9.48 Å². The van der Waals surface area contributed by atoms with E-state index in [1.54, 1.807) is 4.68 Å². The highest BCUT2D eigenvalue weighted by molar-refractivity contribution is 5.93. The summed E-state index contributed by atoms with van der Waals surface area (Å²) in [4.78, 5) is 22.7. The number of anilines is 1. The van der Waals surface area contributed by atoms with Crippen molar-refractivity contribution >= 4 is 11.7 Å². The molecule has 1 saturated carbocycles. The molecule has 1 amide bonds. The minimum atomic E-state index is -0.219. The SMILES string of the molecule is CNc1cc(CC(NC(=O)c2cc(C(C)(C)C)nn2C)c2ccccc2)nc(C2CC2)n1. The number of nitrogens with zero attached hydrogens (tertiary/aromatic N) is 4. The molecule has 1 aliphatic rings. The predicted molar refractivity (Wildman–Crippen MR) is 126 cm³/mol. The maximum absolute atomic E-state index is 13.3. The number of carbonyl (C=O) groups is 1. The van der Waals surface area contributed by atoms with Crippen LogP contribution in [0.5, 0.6) is 0 Å². The Labute approximate surface area is 189 Å². The summed E-state index contributed by atoms with van der Waals surface area (Å²) < 4.78 is 1.66. The summed E-state index contributed by atoms with van der Waals surface area (Å²) >= 11 is 0. The highest BCUT2D eigenvalue weighted by Crippen LogP contribution is 2.38. The van der Waals surface area contributed by atoms with Crippen LogP contribution >= 0.6 is 0 Å². The van der Waals surface area contributed by atoms with Gasteiger partial charge >= 0.3 is 0 Å². The van der Waals surface area contributed by atoms with Crippen LogP contribution in [-0.2, 0) is 18.9 Å². The van der Waals surface area contributed by atoms with E-state index in [1.807, 2.05) is 56.6 Å². The fraction of sp³-hybridized carbons (Fsp3) is 0.440. The Bertz CT molecular complexity index is 1100. The molecule has 3 aromatic rings. The molecule has 0 spiro atoms.